The van der Waals surface area contributed by atoms with Crippen LogP contribution in [0.1, 0.15) is 6.92 Å². The van der Waals surface area contributed by atoms with E-state index in [0.29, 0.717) is 11.6 Å². The molecule has 0 saturated carbocycles. The van der Waals surface area contributed by atoms with Crippen molar-refractivity contribution >= 4 is 29.1 Å². The lowest BCUT2D eigenvalue weighted by molar-refractivity contribution is -0.384. The lowest BCUT2D eigenvalue weighted by Crippen LogP contribution is -2.41. The first-order valence-corrected chi connectivity index (χ1v) is 6.75. The van der Waals surface area contributed by atoms with Gasteiger partial charge in [-0.05, 0) is 13.0 Å². The van der Waals surface area contributed by atoms with E-state index in [0.717, 1.165) is 18.1 Å². The topological polar surface area (TPSA) is 97.3 Å². The van der Waals surface area contributed by atoms with Gasteiger partial charge in [-0.1, -0.05) is 0 Å². The fraction of sp³-hybridized carbons (Fsp3) is 0.500. The van der Waals surface area contributed by atoms with Crippen molar-refractivity contribution in [1.82, 2.24) is 4.98 Å². The van der Waals surface area contributed by atoms with Crippen LogP contribution in [0.4, 0.5) is 17.3 Å². The highest BCUT2D eigenvalue weighted by atomic mass is 32.2. The third-order valence-electron chi connectivity index (χ3n) is 2.84. The van der Waals surface area contributed by atoms with Gasteiger partial charge in [0.1, 0.15) is 5.82 Å². The van der Waals surface area contributed by atoms with Crippen LogP contribution in [0.3, 0.4) is 0 Å². The number of nitrogens with zero attached hydrogens (tertiary/aromatic N) is 3. The lowest BCUT2D eigenvalue weighted by atomic mass is 10.2. The minimum atomic E-state index is -0.406. The number of nitrogen functional groups attached to an aromatic ring is 1. The molecule has 18 heavy (non-hydrogen) atoms. The number of anilines is 2. The minimum absolute atomic E-state index is 0.0211. The van der Waals surface area contributed by atoms with Crippen LogP contribution in [0.15, 0.2) is 12.1 Å². The molecule has 1 aliphatic rings. The standard InChI is InChI=1S/C10H15N5O2S/c1-7-6-18-5-4-14(7)10-8(15(16)17)2-3-9(12-10)13-11/h2-3,7H,4-6,11H2,1H3,(H,12,13). The second-order valence-corrected chi connectivity index (χ2v) is 5.21. The van der Waals surface area contributed by atoms with Crippen LogP contribution in [0.2, 0.25) is 0 Å². The Balaban J connectivity index is 2.42. The van der Waals surface area contributed by atoms with Crippen molar-refractivity contribution in [2.75, 3.05) is 28.4 Å². The second-order valence-electron chi connectivity index (χ2n) is 4.06. The summed E-state index contributed by atoms with van der Waals surface area (Å²) >= 11 is 1.85. The van der Waals surface area contributed by atoms with Gasteiger partial charge in [-0.2, -0.15) is 11.8 Å². The normalized spacial score (nSPS) is 19.7. The molecule has 1 atom stereocenters. The highest BCUT2D eigenvalue weighted by Crippen LogP contribution is 2.31. The summed E-state index contributed by atoms with van der Waals surface area (Å²) in [6.45, 7) is 2.80. The summed E-state index contributed by atoms with van der Waals surface area (Å²) < 4.78 is 0. The smallest absolute Gasteiger partial charge is 0.311 e. The maximum Gasteiger partial charge on any atom is 0.311 e. The summed E-state index contributed by atoms with van der Waals surface area (Å²) in [4.78, 5) is 16.8. The first-order valence-electron chi connectivity index (χ1n) is 5.60. The van der Waals surface area contributed by atoms with E-state index in [1.807, 2.05) is 23.6 Å². The van der Waals surface area contributed by atoms with Crippen LogP contribution in [-0.2, 0) is 0 Å². The Morgan fingerprint density at radius 1 is 1.67 bits per heavy atom. The number of hydrazine groups is 1. The van der Waals surface area contributed by atoms with E-state index in [-0.39, 0.29) is 11.7 Å². The lowest BCUT2D eigenvalue weighted by Gasteiger charge is -2.33. The van der Waals surface area contributed by atoms with E-state index in [1.54, 1.807) is 0 Å². The van der Waals surface area contributed by atoms with Crippen LogP contribution in [0.25, 0.3) is 0 Å². The first-order chi connectivity index (χ1) is 8.63. The van der Waals surface area contributed by atoms with Crippen LogP contribution >= 0.6 is 11.8 Å². The van der Waals surface area contributed by atoms with Crippen LogP contribution in [-0.4, -0.2) is 34.0 Å². The molecule has 2 rings (SSSR count). The van der Waals surface area contributed by atoms with E-state index < -0.39 is 4.92 Å². The summed E-state index contributed by atoms with van der Waals surface area (Å²) in [6, 6.07) is 3.17. The molecular formula is C10H15N5O2S. The molecule has 0 bridgehead atoms. The highest BCUT2D eigenvalue weighted by molar-refractivity contribution is 7.99. The number of thioether (sulfide) groups is 1. The molecule has 0 aromatic carbocycles. The van der Waals surface area contributed by atoms with Crippen molar-refractivity contribution in [3.05, 3.63) is 22.2 Å². The number of aromatic nitrogens is 1. The third kappa shape index (κ3) is 2.49. The van der Waals surface area contributed by atoms with Gasteiger partial charge in [0.25, 0.3) is 0 Å². The molecule has 0 radical (unpaired) electrons. The molecule has 1 saturated heterocycles. The molecular weight excluding hydrogens is 254 g/mol. The zero-order chi connectivity index (χ0) is 13.1. The van der Waals surface area contributed by atoms with Crippen LogP contribution in [0, 0.1) is 10.1 Å². The Morgan fingerprint density at radius 2 is 2.44 bits per heavy atom. The van der Waals surface area contributed by atoms with Crippen molar-refractivity contribution in [2.45, 2.75) is 13.0 Å². The van der Waals surface area contributed by atoms with Crippen molar-refractivity contribution in [3.8, 4) is 0 Å². The van der Waals surface area contributed by atoms with Crippen molar-refractivity contribution in [2.24, 2.45) is 5.84 Å². The van der Waals surface area contributed by atoms with E-state index in [4.69, 9.17) is 5.84 Å². The van der Waals surface area contributed by atoms with Gasteiger partial charge >= 0.3 is 5.69 Å². The molecule has 98 valence electrons. The molecule has 2 heterocycles. The largest absolute Gasteiger partial charge is 0.346 e. The maximum atomic E-state index is 11.1. The Hall–Kier alpha value is -1.54. The highest BCUT2D eigenvalue weighted by Gasteiger charge is 2.27. The Morgan fingerprint density at radius 3 is 3.06 bits per heavy atom. The zero-order valence-electron chi connectivity index (χ0n) is 10.00. The monoisotopic (exact) mass is 269 g/mol. The summed E-state index contributed by atoms with van der Waals surface area (Å²) in [5.41, 5.74) is 2.44. The summed E-state index contributed by atoms with van der Waals surface area (Å²) in [7, 11) is 0. The number of nitrogens with one attached hydrogen (secondary N) is 1. The molecule has 1 fully saturated rings. The van der Waals surface area contributed by atoms with Gasteiger partial charge in [0.05, 0.1) is 4.92 Å². The molecule has 0 spiro atoms. The molecule has 8 heteroatoms. The van der Waals surface area contributed by atoms with Gasteiger partial charge in [0, 0.05) is 30.2 Å². The molecule has 1 aromatic rings. The summed E-state index contributed by atoms with van der Waals surface area (Å²) in [5, 5.41) is 11.1. The number of nitrogens with two attached hydrogens (primary N) is 1. The van der Waals surface area contributed by atoms with Crippen LogP contribution < -0.4 is 16.2 Å². The van der Waals surface area contributed by atoms with Crippen molar-refractivity contribution in [1.29, 1.82) is 0 Å². The van der Waals surface area contributed by atoms with Crippen molar-refractivity contribution in [3.63, 3.8) is 0 Å². The van der Waals surface area contributed by atoms with Crippen LogP contribution in [0.5, 0.6) is 0 Å². The average Bonchev–Trinajstić information content (AvgIpc) is 2.38. The molecule has 1 aliphatic heterocycles. The predicted molar refractivity (Wildman–Crippen MR) is 72.8 cm³/mol. The molecule has 0 amide bonds. The Kier molecular flexibility index (Phi) is 3.87. The quantitative estimate of drug-likeness (QED) is 0.483. The molecule has 1 aromatic heterocycles. The molecule has 3 N–H and O–H groups in total. The third-order valence-corrected chi connectivity index (χ3v) is 4.03. The number of hydrogen-bond donors (Lipinski definition) is 2. The Labute approximate surface area is 109 Å². The molecule has 7 nitrogen and oxygen atoms in total. The van der Waals surface area contributed by atoms with Gasteiger partial charge in [-0.3, -0.25) is 10.1 Å². The van der Waals surface area contributed by atoms with Gasteiger partial charge < -0.3 is 10.3 Å². The number of hydrogen-bond acceptors (Lipinski definition) is 7. The van der Waals surface area contributed by atoms with Gasteiger partial charge in [-0.15, -0.1) is 0 Å². The predicted octanol–water partition coefficient (Wildman–Crippen LogP) is 1.22. The minimum Gasteiger partial charge on any atom is -0.346 e. The fourth-order valence-corrected chi connectivity index (χ4v) is 2.93. The number of rotatable bonds is 3. The molecule has 0 aliphatic carbocycles. The molecule has 1 unspecified atom stereocenters. The first kappa shape index (κ1) is 12.9. The second kappa shape index (κ2) is 5.40. The zero-order valence-corrected chi connectivity index (χ0v) is 10.8. The van der Waals surface area contributed by atoms with E-state index in [2.05, 4.69) is 10.4 Å². The number of nitro groups is 1. The number of pyridine rings is 1. The van der Waals surface area contributed by atoms with Gasteiger partial charge in [0.15, 0.2) is 0 Å². The average molecular weight is 269 g/mol. The van der Waals surface area contributed by atoms with E-state index in [1.165, 1.54) is 12.1 Å². The van der Waals surface area contributed by atoms with Crippen molar-refractivity contribution < 1.29 is 4.92 Å². The maximum absolute atomic E-state index is 11.1. The summed E-state index contributed by atoms with van der Waals surface area (Å²) in [5.74, 6) is 8.02. The van der Waals surface area contributed by atoms with E-state index >= 15 is 0 Å². The summed E-state index contributed by atoms with van der Waals surface area (Å²) in [6.07, 6.45) is 0. The Bertz CT molecular complexity index is 456. The van der Waals surface area contributed by atoms with Gasteiger partial charge in [0.2, 0.25) is 5.82 Å². The SMILES string of the molecule is CC1CSCCN1c1nc(NN)ccc1[N+](=O)[O-]. The fourth-order valence-electron chi connectivity index (χ4n) is 1.92. The van der Waals surface area contributed by atoms with E-state index in [9.17, 15) is 10.1 Å². The van der Waals surface area contributed by atoms with Gasteiger partial charge in [-0.25, -0.2) is 10.8 Å².